The Morgan fingerprint density at radius 3 is 2.86 bits per heavy atom. The number of phenols is 1. The van der Waals surface area contributed by atoms with Gasteiger partial charge in [0, 0.05) is 18.3 Å². The van der Waals surface area contributed by atoms with Crippen molar-refractivity contribution in [3.05, 3.63) is 52.1 Å². The number of carbonyl (C=O) groups is 1. The Morgan fingerprint density at radius 2 is 2.14 bits per heavy atom. The fraction of sp³-hybridized carbons (Fsp3) is 0.133. The zero-order valence-electron chi connectivity index (χ0n) is 11.6. The topological polar surface area (TPSA) is 83.7 Å². The van der Waals surface area contributed by atoms with Crippen LogP contribution in [0, 0.1) is 12.7 Å². The zero-order valence-corrected chi connectivity index (χ0v) is 11.6. The smallest absolute Gasteiger partial charge is 0.253 e. The molecule has 0 bridgehead atoms. The molecule has 3 rings (SSSR count). The summed E-state index contributed by atoms with van der Waals surface area (Å²) in [5, 5.41) is 11.5. The number of aliphatic imine (C=N–C) groups is 1. The van der Waals surface area contributed by atoms with Crippen LogP contribution >= 0.6 is 0 Å². The number of amides is 1. The number of anilines is 1. The van der Waals surface area contributed by atoms with Crippen LogP contribution in [0.4, 0.5) is 15.9 Å². The summed E-state index contributed by atoms with van der Waals surface area (Å²) in [7, 11) is 0. The van der Waals surface area contributed by atoms with Gasteiger partial charge < -0.3 is 10.4 Å². The average molecular weight is 301 g/mol. The van der Waals surface area contributed by atoms with Gasteiger partial charge in [0.25, 0.3) is 11.5 Å². The first-order chi connectivity index (χ1) is 10.5. The molecule has 1 unspecified atom stereocenters. The highest BCUT2D eigenvalue weighted by Crippen LogP contribution is 2.25. The molecule has 1 aliphatic rings. The van der Waals surface area contributed by atoms with Crippen molar-refractivity contribution in [2.45, 2.75) is 13.0 Å². The van der Waals surface area contributed by atoms with Gasteiger partial charge in [-0.25, -0.2) is 9.38 Å². The standard InChI is InChI=1S/C15H12FN3O3/c1-8-4-13-17-7-12(19(13)14(21)5-8)15(22)18-11-3-2-9(20)6-10(11)16/h2-7,12,20H,1H3,(H,18,22). The fourth-order valence-electron chi connectivity index (χ4n) is 2.28. The molecule has 1 aromatic heterocycles. The number of fused-ring (bicyclic) bond motifs is 1. The minimum Gasteiger partial charge on any atom is -0.508 e. The van der Waals surface area contributed by atoms with Gasteiger partial charge in [-0.2, -0.15) is 0 Å². The average Bonchev–Trinajstić information content (AvgIpc) is 2.86. The number of aromatic nitrogens is 1. The normalized spacial score (nSPS) is 15.6. The summed E-state index contributed by atoms with van der Waals surface area (Å²) in [4.78, 5) is 28.3. The summed E-state index contributed by atoms with van der Waals surface area (Å²) >= 11 is 0. The third-order valence-electron chi connectivity index (χ3n) is 3.30. The molecule has 6 nitrogen and oxygen atoms in total. The first-order valence-corrected chi connectivity index (χ1v) is 6.52. The summed E-state index contributed by atoms with van der Waals surface area (Å²) in [5.74, 6) is -1.20. The van der Waals surface area contributed by atoms with E-state index in [4.69, 9.17) is 5.11 Å². The Bertz CT molecular complexity index is 858. The molecule has 2 aromatic rings. The summed E-state index contributed by atoms with van der Waals surface area (Å²) in [6, 6.07) is 5.54. The van der Waals surface area contributed by atoms with Gasteiger partial charge in [-0.1, -0.05) is 0 Å². The van der Waals surface area contributed by atoms with Crippen LogP contribution in [0.3, 0.4) is 0 Å². The monoisotopic (exact) mass is 301 g/mol. The fourth-order valence-corrected chi connectivity index (χ4v) is 2.28. The molecule has 0 saturated heterocycles. The number of halogens is 1. The molecule has 2 N–H and O–H groups in total. The number of aromatic hydroxyl groups is 1. The van der Waals surface area contributed by atoms with Crippen LogP contribution in [-0.2, 0) is 4.79 Å². The van der Waals surface area contributed by atoms with Crippen LogP contribution in [0.15, 0.2) is 40.1 Å². The van der Waals surface area contributed by atoms with E-state index in [2.05, 4.69) is 10.3 Å². The van der Waals surface area contributed by atoms with Crippen LogP contribution in [0.5, 0.6) is 5.75 Å². The molecule has 0 spiro atoms. The van der Waals surface area contributed by atoms with Gasteiger partial charge in [-0.15, -0.1) is 0 Å². The molecule has 0 radical (unpaired) electrons. The molecule has 0 fully saturated rings. The molecule has 1 amide bonds. The van der Waals surface area contributed by atoms with E-state index in [1.54, 1.807) is 13.0 Å². The lowest BCUT2D eigenvalue weighted by Gasteiger charge is -2.13. The van der Waals surface area contributed by atoms with Crippen molar-refractivity contribution in [1.82, 2.24) is 4.57 Å². The first kappa shape index (κ1) is 14.0. The predicted octanol–water partition coefficient (Wildman–Crippen LogP) is 1.90. The molecule has 7 heteroatoms. The van der Waals surface area contributed by atoms with Crippen LogP contribution in [0.1, 0.15) is 11.6 Å². The van der Waals surface area contributed by atoms with Crippen LogP contribution < -0.4 is 10.9 Å². The van der Waals surface area contributed by atoms with Crippen LogP contribution in [-0.4, -0.2) is 21.8 Å². The third-order valence-corrected chi connectivity index (χ3v) is 3.30. The van der Waals surface area contributed by atoms with E-state index in [0.29, 0.717) is 5.82 Å². The highest BCUT2D eigenvalue weighted by Gasteiger charge is 2.27. The number of hydrogen-bond donors (Lipinski definition) is 2. The Hall–Kier alpha value is -2.96. The van der Waals surface area contributed by atoms with Crippen molar-refractivity contribution in [1.29, 1.82) is 0 Å². The molecule has 1 aliphatic heterocycles. The van der Waals surface area contributed by atoms with Crippen molar-refractivity contribution in [3.8, 4) is 5.75 Å². The van der Waals surface area contributed by atoms with E-state index < -0.39 is 17.8 Å². The number of aryl methyl sites for hydroxylation is 1. The van der Waals surface area contributed by atoms with E-state index >= 15 is 0 Å². The minimum absolute atomic E-state index is 0.0789. The van der Waals surface area contributed by atoms with Crippen LogP contribution in [0.25, 0.3) is 0 Å². The maximum absolute atomic E-state index is 13.6. The highest BCUT2D eigenvalue weighted by molar-refractivity contribution is 6.05. The molecular weight excluding hydrogens is 289 g/mol. The predicted molar refractivity (Wildman–Crippen MR) is 79.3 cm³/mol. The van der Waals surface area contributed by atoms with Crippen molar-refractivity contribution in [3.63, 3.8) is 0 Å². The van der Waals surface area contributed by atoms with Crippen molar-refractivity contribution < 1.29 is 14.3 Å². The second-order valence-corrected chi connectivity index (χ2v) is 4.98. The number of phenolic OH excluding ortho intramolecular Hbond substituents is 1. The van der Waals surface area contributed by atoms with Crippen molar-refractivity contribution in [2.75, 3.05) is 5.32 Å². The van der Waals surface area contributed by atoms with E-state index in [-0.39, 0.29) is 17.0 Å². The van der Waals surface area contributed by atoms with E-state index in [1.165, 1.54) is 29.0 Å². The lowest BCUT2D eigenvalue weighted by atomic mass is 10.2. The quantitative estimate of drug-likeness (QED) is 0.831. The van der Waals surface area contributed by atoms with Gasteiger partial charge in [-0.05, 0) is 30.7 Å². The van der Waals surface area contributed by atoms with Gasteiger partial charge in [0.05, 0.1) is 5.69 Å². The number of nitrogens with one attached hydrogen (secondary N) is 1. The molecule has 0 aliphatic carbocycles. The summed E-state index contributed by atoms with van der Waals surface area (Å²) < 4.78 is 14.9. The van der Waals surface area contributed by atoms with Gasteiger partial charge in [0.2, 0.25) is 0 Å². The van der Waals surface area contributed by atoms with Crippen molar-refractivity contribution in [2.24, 2.45) is 4.99 Å². The number of rotatable bonds is 2. The maximum atomic E-state index is 13.6. The molecule has 22 heavy (non-hydrogen) atoms. The number of nitrogens with zero attached hydrogens (tertiary/aromatic N) is 2. The number of pyridine rings is 1. The SMILES string of the molecule is Cc1cc2n(c(=O)c1)C(C(=O)Nc1ccc(O)cc1F)C=N2. The third kappa shape index (κ3) is 2.37. The molecule has 1 aromatic carbocycles. The van der Waals surface area contributed by atoms with Gasteiger partial charge >= 0.3 is 0 Å². The molecular formula is C15H12FN3O3. The summed E-state index contributed by atoms with van der Waals surface area (Å²) in [6.07, 6.45) is 1.34. The Balaban J connectivity index is 1.90. The first-order valence-electron chi connectivity index (χ1n) is 6.52. The lowest BCUT2D eigenvalue weighted by Crippen LogP contribution is -2.32. The Morgan fingerprint density at radius 1 is 1.36 bits per heavy atom. The van der Waals surface area contributed by atoms with Gasteiger partial charge in [0.15, 0.2) is 6.04 Å². The Labute approximate surface area is 124 Å². The van der Waals surface area contributed by atoms with E-state index in [9.17, 15) is 14.0 Å². The Kier molecular flexibility index (Phi) is 3.25. The zero-order chi connectivity index (χ0) is 15.9. The summed E-state index contributed by atoms with van der Waals surface area (Å²) in [5.41, 5.74) is 0.322. The maximum Gasteiger partial charge on any atom is 0.253 e. The second kappa shape index (κ2) is 5.10. The van der Waals surface area contributed by atoms with Gasteiger partial charge in [-0.3, -0.25) is 14.2 Å². The highest BCUT2D eigenvalue weighted by atomic mass is 19.1. The largest absolute Gasteiger partial charge is 0.508 e. The number of carbonyl (C=O) groups excluding carboxylic acids is 1. The second-order valence-electron chi connectivity index (χ2n) is 4.98. The minimum atomic E-state index is -0.934. The summed E-state index contributed by atoms with van der Waals surface area (Å²) in [6.45, 7) is 1.76. The number of benzene rings is 1. The van der Waals surface area contributed by atoms with E-state index in [1.807, 2.05) is 0 Å². The van der Waals surface area contributed by atoms with Gasteiger partial charge in [0.1, 0.15) is 17.4 Å². The molecule has 112 valence electrons. The number of hydrogen-bond acceptors (Lipinski definition) is 4. The molecule has 0 saturated carbocycles. The molecule has 2 heterocycles. The van der Waals surface area contributed by atoms with Crippen molar-refractivity contribution >= 4 is 23.6 Å². The van der Waals surface area contributed by atoms with Crippen LogP contribution in [0.2, 0.25) is 0 Å². The van der Waals surface area contributed by atoms with E-state index in [0.717, 1.165) is 11.6 Å². The lowest BCUT2D eigenvalue weighted by molar-refractivity contribution is -0.117. The molecule has 1 atom stereocenters.